The van der Waals surface area contributed by atoms with Crippen molar-refractivity contribution in [2.75, 3.05) is 13.2 Å². The zero-order valence-corrected chi connectivity index (χ0v) is 23.2. The Morgan fingerprint density at radius 2 is 1.55 bits per heavy atom. The molecule has 7 fully saturated rings. The number of aliphatic hydroxyl groups is 1. The number of hydrogen-bond acceptors (Lipinski definition) is 6. The summed E-state index contributed by atoms with van der Waals surface area (Å²) in [5, 5.41) is 10.9. The number of aldehydes is 1. The maximum Gasteiger partial charge on any atom is 0.158 e. The third-order valence-electron chi connectivity index (χ3n) is 10.9. The molecule has 7 unspecified atom stereocenters. The summed E-state index contributed by atoms with van der Waals surface area (Å²) in [6, 6.07) is 0. The molecular formula is C32H50O6. The SMILES string of the molecule is O=CCC1C(O)CC(OC2CCCCO2)C1C=CC(CCC12CC3CC(CC(C3)C1)C2)OC1CCCCO1. The first kappa shape index (κ1) is 27.4. The van der Waals surface area contributed by atoms with Crippen LogP contribution in [0.3, 0.4) is 0 Å². The molecule has 7 rings (SSSR count). The lowest BCUT2D eigenvalue weighted by molar-refractivity contribution is -0.193. The quantitative estimate of drug-likeness (QED) is 0.263. The zero-order chi connectivity index (χ0) is 26.0. The zero-order valence-electron chi connectivity index (χ0n) is 23.2. The Morgan fingerprint density at radius 1 is 0.895 bits per heavy atom. The summed E-state index contributed by atoms with van der Waals surface area (Å²) in [7, 11) is 0. The van der Waals surface area contributed by atoms with Gasteiger partial charge >= 0.3 is 0 Å². The van der Waals surface area contributed by atoms with Crippen molar-refractivity contribution in [3.63, 3.8) is 0 Å². The highest BCUT2D eigenvalue weighted by Gasteiger charge is 2.50. The third kappa shape index (κ3) is 6.40. The minimum Gasteiger partial charge on any atom is -0.393 e. The monoisotopic (exact) mass is 530 g/mol. The van der Waals surface area contributed by atoms with Crippen LogP contribution in [0.25, 0.3) is 0 Å². The molecular weight excluding hydrogens is 480 g/mol. The van der Waals surface area contributed by atoms with E-state index < -0.39 is 6.10 Å². The number of ether oxygens (including phenoxy) is 4. The van der Waals surface area contributed by atoms with Crippen LogP contribution in [0, 0.1) is 35.0 Å². The number of rotatable bonds is 11. The lowest BCUT2D eigenvalue weighted by atomic mass is 9.48. The lowest BCUT2D eigenvalue weighted by Crippen LogP contribution is -2.46. The highest BCUT2D eigenvalue weighted by atomic mass is 16.7. The van der Waals surface area contributed by atoms with Crippen molar-refractivity contribution in [3.8, 4) is 0 Å². The maximum atomic E-state index is 11.5. The van der Waals surface area contributed by atoms with E-state index in [1.807, 2.05) is 0 Å². The number of aliphatic hydroxyl groups excluding tert-OH is 1. The topological polar surface area (TPSA) is 74.2 Å². The van der Waals surface area contributed by atoms with E-state index in [9.17, 15) is 9.90 Å². The van der Waals surface area contributed by atoms with Crippen LogP contribution in [-0.4, -0.2) is 55.5 Å². The van der Waals surface area contributed by atoms with E-state index >= 15 is 0 Å². The fourth-order valence-electron chi connectivity index (χ4n) is 9.47. The van der Waals surface area contributed by atoms with Crippen molar-refractivity contribution in [3.05, 3.63) is 12.2 Å². The molecule has 2 saturated heterocycles. The molecule has 0 aromatic rings. The molecule has 6 nitrogen and oxygen atoms in total. The Morgan fingerprint density at radius 3 is 2.16 bits per heavy atom. The smallest absolute Gasteiger partial charge is 0.158 e. The summed E-state index contributed by atoms with van der Waals surface area (Å²) in [6.45, 7) is 1.52. The average molecular weight is 531 g/mol. The van der Waals surface area contributed by atoms with Crippen molar-refractivity contribution in [2.45, 2.75) is 134 Å². The Bertz CT molecular complexity index is 764. The van der Waals surface area contributed by atoms with Crippen LogP contribution < -0.4 is 0 Å². The predicted molar refractivity (Wildman–Crippen MR) is 144 cm³/mol. The van der Waals surface area contributed by atoms with Gasteiger partial charge in [0.25, 0.3) is 0 Å². The Labute approximate surface area is 229 Å². The highest BCUT2D eigenvalue weighted by molar-refractivity contribution is 5.50. The van der Waals surface area contributed by atoms with Crippen molar-refractivity contribution in [1.29, 1.82) is 0 Å². The predicted octanol–water partition coefficient (Wildman–Crippen LogP) is 5.95. The van der Waals surface area contributed by atoms with Crippen LogP contribution in [0.5, 0.6) is 0 Å². The summed E-state index contributed by atoms with van der Waals surface area (Å²) in [5.74, 6) is 2.75. The molecule has 7 atom stereocenters. The van der Waals surface area contributed by atoms with Gasteiger partial charge in [-0.15, -0.1) is 0 Å². The van der Waals surface area contributed by atoms with Crippen LogP contribution in [0.2, 0.25) is 0 Å². The first-order valence-corrected chi connectivity index (χ1v) is 15.9. The van der Waals surface area contributed by atoms with E-state index in [1.165, 1.54) is 44.9 Å². The maximum absolute atomic E-state index is 11.5. The van der Waals surface area contributed by atoms with Crippen molar-refractivity contribution in [2.24, 2.45) is 35.0 Å². The minimum atomic E-state index is -0.531. The summed E-state index contributed by atoms with van der Waals surface area (Å²) in [6.07, 6.45) is 22.6. The molecule has 0 spiro atoms. The third-order valence-corrected chi connectivity index (χ3v) is 10.9. The van der Waals surface area contributed by atoms with E-state index in [0.29, 0.717) is 18.3 Å². The molecule has 2 aliphatic heterocycles. The summed E-state index contributed by atoms with van der Waals surface area (Å²) >= 11 is 0. The molecule has 1 N–H and O–H groups in total. The fourth-order valence-corrected chi connectivity index (χ4v) is 9.47. The first-order chi connectivity index (χ1) is 18.6. The second kappa shape index (κ2) is 12.4. The number of carbonyl (C=O) groups is 1. The molecule has 5 saturated carbocycles. The van der Waals surface area contributed by atoms with Crippen molar-refractivity contribution in [1.82, 2.24) is 0 Å². The Balaban J connectivity index is 1.15. The second-order valence-corrected chi connectivity index (χ2v) is 13.7. The van der Waals surface area contributed by atoms with E-state index in [4.69, 9.17) is 18.9 Å². The van der Waals surface area contributed by atoms with Crippen LogP contribution >= 0.6 is 0 Å². The molecule has 0 aromatic heterocycles. The van der Waals surface area contributed by atoms with Crippen LogP contribution in [-0.2, 0) is 23.7 Å². The van der Waals surface area contributed by atoms with Gasteiger partial charge in [-0.05, 0) is 113 Å². The fraction of sp³-hybridized carbons (Fsp3) is 0.906. The Hall–Kier alpha value is -0.790. The molecule has 0 radical (unpaired) electrons. The second-order valence-electron chi connectivity index (χ2n) is 13.7. The van der Waals surface area contributed by atoms with Crippen LogP contribution in [0.15, 0.2) is 12.2 Å². The molecule has 4 bridgehead atoms. The molecule has 0 amide bonds. The molecule has 214 valence electrons. The standard InChI is InChI=1S/C32H50O6/c33-12-10-26-27(29(18-28(26)34)38-31-6-2-4-14-36-31)8-7-25(37-30-5-1-3-13-35-30)9-11-32-19-22-15-23(20-32)17-24(16-22)21-32/h7-8,12,22-31,34H,1-6,9-11,13-21H2. The van der Waals surface area contributed by atoms with Gasteiger partial charge in [-0.3, -0.25) is 0 Å². The van der Waals surface area contributed by atoms with Gasteiger partial charge < -0.3 is 28.8 Å². The minimum absolute atomic E-state index is 0.00712. The molecule has 2 heterocycles. The van der Waals surface area contributed by atoms with Gasteiger partial charge in [-0.1, -0.05) is 12.2 Å². The van der Waals surface area contributed by atoms with Crippen molar-refractivity contribution < 1.29 is 28.8 Å². The van der Waals surface area contributed by atoms with Gasteiger partial charge in [0.05, 0.1) is 18.3 Å². The van der Waals surface area contributed by atoms with Gasteiger partial charge in [-0.2, -0.15) is 0 Å². The molecule has 5 aliphatic carbocycles. The first-order valence-electron chi connectivity index (χ1n) is 15.9. The highest BCUT2D eigenvalue weighted by Crippen LogP contribution is 2.61. The lowest BCUT2D eigenvalue weighted by Gasteiger charge is -2.57. The van der Waals surface area contributed by atoms with Gasteiger partial charge in [-0.25, -0.2) is 0 Å². The molecule has 38 heavy (non-hydrogen) atoms. The number of carbonyl (C=O) groups excluding carboxylic acids is 1. The molecule has 6 heteroatoms. The number of hydrogen-bond donors (Lipinski definition) is 1. The summed E-state index contributed by atoms with van der Waals surface area (Å²) in [4.78, 5) is 11.5. The summed E-state index contributed by atoms with van der Waals surface area (Å²) < 4.78 is 24.9. The Kier molecular flexibility index (Phi) is 8.92. The van der Waals surface area contributed by atoms with E-state index in [2.05, 4.69) is 12.2 Å². The largest absolute Gasteiger partial charge is 0.393 e. The van der Waals surface area contributed by atoms with E-state index in [1.54, 1.807) is 0 Å². The normalized spacial score (nSPS) is 45.6. The van der Waals surface area contributed by atoms with E-state index in [-0.39, 0.29) is 36.6 Å². The average Bonchev–Trinajstić information content (AvgIpc) is 3.19. The van der Waals surface area contributed by atoms with Gasteiger partial charge in [0, 0.05) is 37.9 Å². The molecule has 0 aromatic carbocycles. The van der Waals surface area contributed by atoms with Crippen LogP contribution in [0.4, 0.5) is 0 Å². The molecule has 7 aliphatic rings. The van der Waals surface area contributed by atoms with E-state index in [0.717, 1.165) is 82.2 Å². The van der Waals surface area contributed by atoms with Gasteiger partial charge in [0.2, 0.25) is 0 Å². The van der Waals surface area contributed by atoms with Gasteiger partial charge in [0.15, 0.2) is 12.6 Å². The van der Waals surface area contributed by atoms with Crippen molar-refractivity contribution >= 4 is 6.29 Å². The van der Waals surface area contributed by atoms with Gasteiger partial charge in [0.1, 0.15) is 6.29 Å². The summed E-state index contributed by atoms with van der Waals surface area (Å²) in [5.41, 5.74) is 0.519. The van der Waals surface area contributed by atoms with Crippen LogP contribution in [0.1, 0.15) is 103 Å².